The molecule has 0 aromatic heterocycles. The van der Waals surface area contributed by atoms with Gasteiger partial charge in [-0.3, -0.25) is 9.59 Å². The molecule has 6 heteroatoms. The van der Waals surface area contributed by atoms with Crippen molar-refractivity contribution >= 4 is 23.2 Å². The third kappa shape index (κ3) is 6.24. The number of nitrogens with zero attached hydrogens (tertiary/aromatic N) is 1. The molecule has 0 spiro atoms. The molecular formula is C21H31N3O3. The summed E-state index contributed by atoms with van der Waals surface area (Å²) in [7, 11) is 0. The molecular weight excluding hydrogens is 342 g/mol. The molecule has 2 unspecified atom stereocenters. The summed E-state index contributed by atoms with van der Waals surface area (Å²) in [6.07, 6.45) is 4.59. The maximum Gasteiger partial charge on any atom is 0.249 e. The summed E-state index contributed by atoms with van der Waals surface area (Å²) in [5.74, 6) is 0.361. The molecule has 27 heavy (non-hydrogen) atoms. The summed E-state index contributed by atoms with van der Waals surface area (Å²) in [5.41, 5.74) is 1.94. The van der Waals surface area contributed by atoms with Gasteiger partial charge in [-0.2, -0.15) is 0 Å². The highest BCUT2D eigenvalue weighted by Gasteiger charge is 2.24. The van der Waals surface area contributed by atoms with Crippen LogP contribution in [-0.2, 0) is 14.3 Å². The lowest BCUT2D eigenvalue weighted by Crippen LogP contribution is -2.41. The highest BCUT2D eigenvalue weighted by atomic mass is 16.5. The molecule has 2 aliphatic rings. The van der Waals surface area contributed by atoms with Crippen molar-refractivity contribution in [3.63, 3.8) is 0 Å². The Morgan fingerprint density at radius 2 is 1.96 bits per heavy atom. The van der Waals surface area contributed by atoms with Crippen molar-refractivity contribution in [2.45, 2.75) is 58.1 Å². The van der Waals surface area contributed by atoms with E-state index in [-0.39, 0.29) is 24.3 Å². The van der Waals surface area contributed by atoms with Crippen LogP contribution < -0.4 is 15.5 Å². The molecule has 1 aromatic carbocycles. The number of hydrogen-bond donors (Lipinski definition) is 2. The van der Waals surface area contributed by atoms with Crippen molar-refractivity contribution in [2.75, 3.05) is 29.9 Å². The van der Waals surface area contributed by atoms with Crippen LogP contribution in [-0.4, -0.2) is 43.7 Å². The van der Waals surface area contributed by atoms with E-state index in [9.17, 15) is 9.59 Å². The van der Waals surface area contributed by atoms with Gasteiger partial charge < -0.3 is 20.3 Å². The zero-order valence-corrected chi connectivity index (χ0v) is 16.4. The molecule has 148 valence electrons. The fourth-order valence-electron chi connectivity index (χ4n) is 3.30. The van der Waals surface area contributed by atoms with Crippen LogP contribution in [0.2, 0.25) is 0 Å². The minimum absolute atomic E-state index is 0.104. The molecule has 1 saturated heterocycles. The van der Waals surface area contributed by atoms with Crippen molar-refractivity contribution in [1.29, 1.82) is 0 Å². The number of benzene rings is 1. The quantitative estimate of drug-likeness (QED) is 0.698. The Bertz CT molecular complexity index is 654. The molecule has 0 radical (unpaired) electrons. The summed E-state index contributed by atoms with van der Waals surface area (Å²) in [4.78, 5) is 26.8. The Labute approximate surface area is 161 Å². The average molecular weight is 373 g/mol. The number of ether oxygens (including phenoxy) is 1. The van der Waals surface area contributed by atoms with E-state index in [1.54, 1.807) is 6.92 Å². The Morgan fingerprint density at radius 1 is 1.22 bits per heavy atom. The van der Waals surface area contributed by atoms with Crippen molar-refractivity contribution in [1.82, 2.24) is 5.32 Å². The third-order valence-electron chi connectivity index (χ3n) is 5.13. The van der Waals surface area contributed by atoms with Gasteiger partial charge in [0.25, 0.3) is 0 Å². The normalized spacial score (nSPS) is 18.8. The largest absolute Gasteiger partial charge is 0.371 e. The van der Waals surface area contributed by atoms with E-state index in [2.05, 4.69) is 21.6 Å². The van der Waals surface area contributed by atoms with Crippen LogP contribution in [0.15, 0.2) is 24.3 Å². The molecule has 2 N–H and O–H groups in total. The predicted molar refractivity (Wildman–Crippen MR) is 107 cm³/mol. The van der Waals surface area contributed by atoms with Crippen LogP contribution >= 0.6 is 0 Å². The van der Waals surface area contributed by atoms with Gasteiger partial charge in [0.15, 0.2) is 0 Å². The monoisotopic (exact) mass is 373 g/mol. The van der Waals surface area contributed by atoms with Crippen LogP contribution in [0.3, 0.4) is 0 Å². The van der Waals surface area contributed by atoms with Gasteiger partial charge >= 0.3 is 0 Å². The number of carbonyl (C=O) groups excluding carboxylic acids is 2. The summed E-state index contributed by atoms with van der Waals surface area (Å²) in [6, 6.07) is 7.71. The minimum atomic E-state index is -0.478. The lowest BCUT2D eigenvalue weighted by molar-refractivity contribution is -0.132. The van der Waals surface area contributed by atoms with Crippen molar-refractivity contribution < 1.29 is 14.3 Å². The molecule has 1 aliphatic heterocycles. The molecule has 2 amide bonds. The fourth-order valence-corrected chi connectivity index (χ4v) is 3.30. The van der Waals surface area contributed by atoms with Crippen LogP contribution in [0, 0.1) is 5.92 Å². The Morgan fingerprint density at radius 3 is 2.67 bits per heavy atom. The Balaban J connectivity index is 1.42. The fraction of sp³-hybridized carbons (Fsp3) is 0.619. The molecule has 3 rings (SSSR count). The van der Waals surface area contributed by atoms with Gasteiger partial charge in [0, 0.05) is 36.9 Å². The van der Waals surface area contributed by atoms with Gasteiger partial charge in [-0.1, -0.05) is 6.07 Å². The Hall–Kier alpha value is -2.08. The predicted octanol–water partition coefficient (Wildman–Crippen LogP) is 2.94. The van der Waals surface area contributed by atoms with Gasteiger partial charge in [-0.05, 0) is 63.6 Å². The molecule has 0 bridgehead atoms. The number of hydrogen-bond acceptors (Lipinski definition) is 4. The zero-order valence-electron chi connectivity index (χ0n) is 16.4. The van der Waals surface area contributed by atoms with E-state index in [0.717, 1.165) is 24.5 Å². The molecule has 1 saturated carbocycles. The number of anilines is 2. The molecule has 6 nitrogen and oxygen atoms in total. The van der Waals surface area contributed by atoms with Crippen molar-refractivity contribution in [3.05, 3.63) is 24.3 Å². The van der Waals surface area contributed by atoms with Gasteiger partial charge in [0.05, 0.1) is 6.61 Å². The van der Waals surface area contributed by atoms with Crippen molar-refractivity contribution in [2.24, 2.45) is 5.92 Å². The van der Waals surface area contributed by atoms with E-state index in [4.69, 9.17) is 4.74 Å². The maximum atomic E-state index is 12.3. The smallest absolute Gasteiger partial charge is 0.249 e. The second-order valence-electron chi connectivity index (χ2n) is 7.83. The Kier molecular flexibility index (Phi) is 6.72. The molecule has 2 fully saturated rings. The summed E-state index contributed by atoms with van der Waals surface area (Å²) in [5, 5.41) is 5.80. The summed E-state index contributed by atoms with van der Waals surface area (Å²) < 4.78 is 5.57. The first-order chi connectivity index (χ1) is 13.0. The standard InChI is InChI=1S/C21H31N3O3/c1-15(22-21(26)16(2)27-14-17-8-9-17)12-20(25)23-18-6-5-7-19(13-18)24-10-3-4-11-24/h5-7,13,15-17H,3-4,8-12,14H2,1-2H3,(H,22,26)(H,23,25). The van der Waals surface area contributed by atoms with Crippen LogP contribution in [0.4, 0.5) is 11.4 Å². The number of nitrogens with one attached hydrogen (secondary N) is 2. The number of carbonyl (C=O) groups is 2. The first kappa shape index (κ1) is 19.7. The van der Waals surface area contributed by atoms with Crippen LogP contribution in [0.5, 0.6) is 0 Å². The lowest BCUT2D eigenvalue weighted by atomic mass is 10.2. The molecule has 1 aliphatic carbocycles. The average Bonchev–Trinajstić information content (AvgIpc) is 3.30. The van der Waals surface area contributed by atoms with E-state index in [1.807, 2.05) is 25.1 Å². The SMILES string of the molecule is CC(CC(=O)Nc1cccc(N2CCCC2)c1)NC(=O)C(C)OCC1CC1. The number of amides is 2. The van der Waals surface area contributed by atoms with Gasteiger partial charge in [-0.15, -0.1) is 0 Å². The van der Waals surface area contributed by atoms with E-state index in [1.165, 1.54) is 25.7 Å². The third-order valence-corrected chi connectivity index (χ3v) is 5.13. The highest BCUT2D eigenvalue weighted by molar-refractivity contribution is 5.92. The minimum Gasteiger partial charge on any atom is -0.371 e. The number of rotatable bonds is 9. The lowest BCUT2D eigenvalue weighted by Gasteiger charge is -2.19. The highest BCUT2D eigenvalue weighted by Crippen LogP contribution is 2.29. The summed E-state index contributed by atoms with van der Waals surface area (Å²) in [6.45, 7) is 6.39. The van der Waals surface area contributed by atoms with Crippen molar-refractivity contribution in [3.8, 4) is 0 Å². The van der Waals surface area contributed by atoms with E-state index < -0.39 is 6.10 Å². The van der Waals surface area contributed by atoms with Gasteiger partial charge in [0.1, 0.15) is 6.10 Å². The zero-order chi connectivity index (χ0) is 19.2. The van der Waals surface area contributed by atoms with Gasteiger partial charge in [-0.25, -0.2) is 0 Å². The van der Waals surface area contributed by atoms with E-state index >= 15 is 0 Å². The molecule has 2 atom stereocenters. The van der Waals surface area contributed by atoms with Crippen LogP contribution in [0.1, 0.15) is 46.0 Å². The van der Waals surface area contributed by atoms with E-state index in [0.29, 0.717) is 12.5 Å². The first-order valence-corrected chi connectivity index (χ1v) is 10.1. The topological polar surface area (TPSA) is 70.7 Å². The first-order valence-electron chi connectivity index (χ1n) is 10.1. The second kappa shape index (κ2) is 9.22. The van der Waals surface area contributed by atoms with Crippen LogP contribution in [0.25, 0.3) is 0 Å². The molecule has 1 heterocycles. The molecule has 1 aromatic rings. The van der Waals surface area contributed by atoms with Gasteiger partial charge in [0.2, 0.25) is 11.8 Å². The maximum absolute atomic E-state index is 12.3. The summed E-state index contributed by atoms with van der Waals surface area (Å²) >= 11 is 0. The second-order valence-corrected chi connectivity index (χ2v) is 7.83.